The summed E-state index contributed by atoms with van der Waals surface area (Å²) < 4.78 is 0. The Kier molecular flexibility index (Phi) is 5.82. The SMILES string of the molecule is Cc1ccc(S[C@H](C)C(=O)NNC(=O)c2ccc(C)cc2)cc1. The Bertz CT molecular complexity index is 681. The molecule has 23 heavy (non-hydrogen) atoms. The molecule has 0 fully saturated rings. The number of benzene rings is 2. The molecule has 0 heterocycles. The average molecular weight is 328 g/mol. The highest BCUT2D eigenvalue weighted by Gasteiger charge is 2.15. The Morgan fingerprint density at radius 3 is 1.96 bits per heavy atom. The van der Waals surface area contributed by atoms with E-state index < -0.39 is 0 Å². The van der Waals surface area contributed by atoms with E-state index in [1.54, 1.807) is 19.1 Å². The third-order valence-electron chi connectivity index (χ3n) is 3.32. The second kappa shape index (κ2) is 7.83. The van der Waals surface area contributed by atoms with Gasteiger partial charge in [0.1, 0.15) is 0 Å². The summed E-state index contributed by atoms with van der Waals surface area (Å²) >= 11 is 1.45. The zero-order chi connectivity index (χ0) is 16.8. The van der Waals surface area contributed by atoms with E-state index in [1.165, 1.54) is 17.3 Å². The van der Waals surface area contributed by atoms with Gasteiger partial charge in [-0.1, -0.05) is 35.4 Å². The van der Waals surface area contributed by atoms with Gasteiger partial charge in [0.15, 0.2) is 0 Å². The number of hydrazine groups is 1. The van der Waals surface area contributed by atoms with E-state index in [4.69, 9.17) is 0 Å². The van der Waals surface area contributed by atoms with E-state index >= 15 is 0 Å². The van der Waals surface area contributed by atoms with Crippen LogP contribution in [0.15, 0.2) is 53.4 Å². The second-order valence-electron chi connectivity index (χ2n) is 5.38. The molecule has 0 saturated heterocycles. The molecular weight excluding hydrogens is 308 g/mol. The molecule has 1 atom stereocenters. The van der Waals surface area contributed by atoms with Crippen LogP contribution >= 0.6 is 11.8 Å². The molecule has 5 heteroatoms. The zero-order valence-electron chi connectivity index (χ0n) is 13.4. The molecule has 0 aliphatic rings. The minimum absolute atomic E-state index is 0.240. The van der Waals surface area contributed by atoms with Gasteiger partial charge in [-0.3, -0.25) is 20.4 Å². The van der Waals surface area contributed by atoms with Crippen molar-refractivity contribution in [3.05, 3.63) is 65.2 Å². The zero-order valence-corrected chi connectivity index (χ0v) is 14.2. The molecule has 0 aliphatic carbocycles. The summed E-state index contributed by atoms with van der Waals surface area (Å²) in [6.07, 6.45) is 0. The smallest absolute Gasteiger partial charge is 0.269 e. The van der Waals surface area contributed by atoms with Gasteiger partial charge in [-0.05, 0) is 45.0 Å². The van der Waals surface area contributed by atoms with Crippen molar-refractivity contribution in [1.82, 2.24) is 10.9 Å². The Labute approximate surface area is 140 Å². The van der Waals surface area contributed by atoms with Crippen molar-refractivity contribution in [2.45, 2.75) is 30.9 Å². The molecule has 0 saturated carbocycles. The van der Waals surface area contributed by atoms with Crippen LogP contribution < -0.4 is 10.9 Å². The molecule has 0 unspecified atom stereocenters. The monoisotopic (exact) mass is 328 g/mol. The van der Waals surface area contributed by atoms with Crippen LogP contribution in [-0.4, -0.2) is 17.1 Å². The Morgan fingerprint density at radius 1 is 0.870 bits per heavy atom. The minimum Gasteiger partial charge on any atom is -0.272 e. The number of aryl methyl sites for hydroxylation is 2. The van der Waals surface area contributed by atoms with Crippen LogP contribution in [0.2, 0.25) is 0 Å². The highest BCUT2D eigenvalue weighted by molar-refractivity contribution is 8.00. The van der Waals surface area contributed by atoms with Crippen LogP contribution in [0.25, 0.3) is 0 Å². The summed E-state index contributed by atoms with van der Waals surface area (Å²) in [5.41, 5.74) is 7.67. The average Bonchev–Trinajstić information content (AvgIpc) is 2.55. The standard InChI is InChI=1S/C18H20N2O2S/c1-12-4-8-15(9-5-12)18(22)20-19-17(21)14(3)23-16-10-6-13(2)7-11-16/h4-11,14H,1-3H3,(H,19,21)(H,20,22)/t14-/m1/s1. The summed E-state index contributed by atoms with van der Waals surface area (Å²) in [7, 11) is 0. The topological polar surface area (TPSA) is 58.2 Å². The quantitative estimate of drug-likeness (QED) is 0.669. The van der Waals surface area contributed by atoms with Crippen molar-refractivity contribution >= 4 is 23.6 Å². The van der Waals surface area contributed by atoms with Gasteiger partial charge in [-0.2, -0.15) is 0 Å². The molecule has 2 amide bonds. The molecule has 2 N–H and O–H groups in total. The first-order valence-corrected chi connectivity index (χ1v) is 8.24. The first-order chi connectivity index (χ1) is 11.0. The number of hydrogen-bond donors (Lipinski definition) is 2. The maximum atomic E-state index is 12.1. The first-order valence-electron chi connectivity index (χ1n) is 7.36. The van der Waals surface area contributed by atoms with Gasteiger partial charge in [-0.25, -0.2) is 0 Å². The molecule has 2 aromatic carbocycles. The Balaban J connectivity index is 1.84. The van der Waals surface area contributed by atoms with Crippen molar-refractivity contribution < 1.29 is 9.59 Å². The molecule has 0 radical (unpaired) electrons. The number of carbonyl (C=O) groups is 2. The lowest BCUT2D eigenvalue weighted by Crippen LogP contribution is -2.44. The number of hydrogen-bond acceptors (Lipinski definition) is 3. The van der Waals surface area contributed by atoms with Crippen LogP contribution in [0.4, 0.5) is 0 Å². The number of carbonyl (C=O) groups excluding carboxylic acids is 2. The maximum Gasteiger partial charge on any atom is 0.269 e. The predicted octanol–water partition coefficient (Wildman–Crippen LogP) is 3.25. The van der Waals surface area contributed by atoms with Crippen LogP contribution in [-0.2, 0) is 4.79 Å². The summed E-state index contributed by atoms with van der Waals surface area (Å²) in [6.45, 7) is 5.77. The maximum absolute atomic E-state index is 12.1. The van der Waals surface area contributed by atoms with Crippen LogP contribution in [0.3, 0.4) is 0 Å². The van der Waals surface area contributed by atoms with E-state index in [9.17, 15) is 9.59 Å². The van der Waals surface area contributed by atoms with Crippen LogP contribution in [0, 0.1) is 13.8 Å². The Morgan fingerprint density at radius 2 is 1.39 bits per heavy atom. The fraction of sp³-hybridized carbons (Fsp3) is 0.222. The molecule has 0 aliphatic heterocycles. The molecule has 0 bridgehead atoms. The number of nitrogens with one attached hydrogen (secondary N) is 2. The van der Waals surface area contributed by atoms with Gasteiger partial charge in [0.25, 0.3) is 11.8 Å². The fourth-order valence-corrected chi connectivity index (χ4v) is 2.74. The van der Waals surface area contributed by atoms with Crippen molar-refractivity contribution in [3.8, 4) is 0 Å². The molecule has 4 nitrogen and oxygen atoms in total. The summed E-state index contributed by atoms with van der Waals surface area (Å²) in [6, 6.07) is 15.1. The van der Waals surface area contributed by atoms with Gasteiger partial charge in [0.2, 0.25) is 0 Å². The molecule has 120 valence electrons. The first kappa shape index (κ1) is 17.1. The third-order valence-corrected chi connectivity index (χ3v) is 4.43. The van der Waals surface area contributed by atoms with Gasteiger partial charge in [-0.15, -0.1) is 11.8 Å². The van der Waals surface area contributed by atoms with E-state index in [1.807, 2.05) is 50.2 Å². The summed E-state index contributed by atoms with van der Waals surface area (Å²) in [4.78, 5) is 25.0. The van der Waals surface area contributed by atoms with Crippen LogP contribution in [0.1, 0.15) is 28.4 Å². The molecule has 0 spiro atoms. The largest absolute Gasteiger partial charge is 0.272 e. The summed E-state index contributed by atoms with van der Waals surface area (Å²) in [5.74, 6) is -0.568. The van der Waals surface area contributed by atoms with Gasteiger partial charge < -0.3 is 0 Å². The number of thioether (sulfide) groups is 1. The van der Waals surface area contributed by atoms with E-state index in [-0.39, 0.29) is 17.1 Å². The normalized spacial score (nSPS) is 11.6. The second-order valence-corrected chi connectivity index (χ2v) is 6.80. The molecular formula is C18H20N2O2S. The van der Waals surface area contributed by atoms with E-state index in [0.29, 0.717) is 5.56 Å². The lowest BCUT2D eigenvalue weighted by atomic mass is 10.1. The van der Waals surface area contributed by atoms with Gasteiger partial charge >= 0.3 is 0 Å². The van der Waals surface area contributed by atoms with Crippen molar-refractivity contribution in [2.75, 3.05) is 0 Å². The lowest BCUT2D eigenvalue weighted by Gasteiger charge is -2.13. The van der Waals surface area contributed by atoms with Crippen molar-refractivity contribution in [3.63, 3.8) is 0 Å². The summed E-state index contributed by atoms with van der Waals surface area (Å²) in [5, 5.41) is -0.309. The van der Waals surface area contributed by atoms with Gasteiger partial charge in [0.05, 0.1) is 5.25 Å². The predicted molar refractivity (Wildman–Crippen MR) is 93.3 cm³/mol. The number of amides is 2. The van der Waals surface area contributed by atoms with E-state index in [2.05, 4.69) is 10.9 Å². The molecule has 2 aromatic rings. The van der Waals surface area contributed by atoms with Crippen LogP contribution in [0.5, 0.6) is 0 Å². The minimum atomic E-state index is -0.328. The third kappa shape index (κ3) is 5.14. The van der Waals surface area contributed by atoms with Crippen molar-refractivity contribution in [2.24, 2.45) is 0 Å². The van der Waals surface area contributed by atoms with E-state index in [0.717, 1.165) is 10.5 Å². The van der Waals surface area contributed by atoms with Crippen molar-refractivity contribution in [1.29, 1.82) is 0 Å². The lowest BCUT2D eigenvalue weighted by molar-refractivity contribution is -0.121. The molecule has 2 rings (SSSR count). The fourth-order valence-electron chi connectivity index (χ4n) is 1.87. The Hall–Kier alpha value is -2.27. The number of rotatable bonds is 4. The highest BCUT2D eigenvalue weighted by Crippen LogP contribution is 2.23. The highest BCUT2D eigenvalue weighted by atomic mass is 32.2. The van der Waals surface area contributed by atoms with Gasteiger partial charge in [0, 0.05) is 10.5 Å². The molecule has 0 aromatic heterocycles.